The molecule has 0 saturated carbocycles. The van der Waals surface area contributed by atoms with Crippen LogP contribution in [0.1, 0.15) is 22.1 Å². The van der Waals surface area contributed by atoms with Crippen LogP contribution in [0, 0.1) is 0 Å². The molecule has 1 aromatic carbocycles. The molecular weight excluding hydrogens is 380 g/mol. The summed E-state index contributed by atoms with van der Waals surface area (Å²) in [5, 5.41) is 0.610. The molecule has 28 heavy (non-hydrogen) atoms. The van der Waals surface area contributed by atoms with Crippen molar-refractivity contribution in [2.24, 2.45) is 0 Å². The molecule has 0 radical (unpaired) electrons. The summed E-state index contributed by atoms with van der Waals surface area (Å²) in [5.74, 6) is 2.44. The lowest BCUT2D eigenvalue weighted by Crippen LogP contribution is -2.48. The van der Waals surface area contributed by atoms with Crippen molar-refractivity contribution in [3.63, 3.8) is 0 Å². The van der Waals surface area contributed by atoms with E-state index in [1.165, 1.54) is 0 Å². The van der Waals surface area contributed by atoms with Gasteiger partial charge in [0.2, 0.25) is 0 Å². The molecular formula is C21H21ClN2O4. The van der Waals surface area contributed by atoms with Gasteiger partial charge in [-0.05, 0) is 42.5 Å². The van der Waals surface area contributed by atoms with E-state index in [1.54, 1.807) is 30.5 Å². The minimum absolute atomic E-state index is 0.0911. The van der Waals surface area contributed by atoms with E-state index in [4.69, 9.17) is 25.2 Å². The van der Waals surface area contributed by atoms with Gasteiger partial charge in [-0.1, -0.05) is 17.7 Å². The van der Waals surface area contributed by atoms with Crippen LogP contribution in [0.25, 0.3) is 0 Å². The highest BCUT2D eigenvalue weighted by Crippen LogP contribution is 2.20. The van der Waals surface area contributed by atoms with E-state index in [9.17, 15) is 4.79 Å². The first-order valence-corrected chi connectivity index (χ1v) is 9.56. The predicted molar refractivity (Wildman–Crippen MR) is 104 cm³/mol. The van der Waals surface area contributed by atoms with Crippen molar-refractivity contribution in [1.82, 2.24) is 9.80 Å². The summed E-state index contributed by atoms with van der Waals surface area (Å²) in [6, 6.07) is 14.5. The van der Waals surface area contributed by atoms with Crippen molar-refractivity contribution in [2.75, 3.05) is 26.2 Å². The van der Waals surface area contributed by atoms with Crippen LogP contribution in [0.15, 0.2) is 63.6 Å². The topological polar surface area (TPSA) is 59.1 Å². The summed E-state index contributed by atoms with van der Waals surface area (Å²) in [6.07, 6.45) is 1.68. The summed E-state index contributed by atoms with van der Waals surface area (Å²) in [4.78, 5) is 16.8. The van der Waals surface area contributed by atoms with Gasteiger partial charge in [0.25, 0.3) is 5.91 Å². The third-order valence-electron chi connectivity index (χ3n) is 4.67. The van der Waals surface area contributed by atoms with Gasteiger partial charge in [0.15, 0.2) is 5.76 Å². The van der Waals surface area contributed by atoms with E-state index in [0.717, 1.165) is 25.4 Å². The summed E-state index contributed by atoms with van der Waals surface area (Å²) in [6.45, 7) is 3.93. The lowest BCUT2D eigenvalue weighted by Gasteiger charge is -2.33. The SMILES string of the molecule is O=C(c1ccc(COc2cccc(Cl)c2)o1)N1CCN(Cc2ccco2)CC1. The third kappa shape index (κ3) is 4.58. The lowest BCUT2D eigenvalue weighted by molar-refractivity contribution is 0.0586. The molecule has 6 nitrogen and oxygen atoms in total. The van der Waals surface area contributed by atoms with Crippen LogP contribution in [-0.4, -0.2) is 41.9 Å². The smallest absolute Gasteiger partial charge is 0.289 e. The first kappa shape index (κ1) is 18.7. The molecule has 0 unspecified atom stereocenters. The fraction of sp³-hybridized carbons (Fsp3) is 0.286. The maximum Gasteiger partial charge on any atom is 0.289 e. The van der Waals surface area contributed by atoms with Gasteiger partial charge in [0.1, 0.15) is 23.9 Å². The Balaban J connectivity index is 1.28. The van der Waals surface area contributed by atoms with Gasteiger partial charge in [-0.3, -0.25) is 9.69 Å². The summed E-state index contributed by atoms with van der Waals surface area (Å²) in [5.41, 5.74) is 0. The molecule has 1 aliphatic heterocycles. The molecule has 3 aromatic rings. The van der Waals surface area contributed by atoms with Crippen LogP contribution in [0.5, 0.6) is 5.75 Å². The van der Waals surface area contributed by atoms with Crippen LogP contribution >= 0.6 is 11.6 Å². The van der Waals surface area contributed by atoms with Crippen molar-refractivity contribution >= 4 is 17.5 Å². The molecule has 0 N–H and O–H groups in total. The van der Waals surface area contributed by atoms with Crippen molar-refractivity contribution in [1.29, 1.82) is 0 Å². The molecule has 1 saturated heterocycles. The zero-order chi connectivity index (χ0) is 19.3. The second-order valence-electron chi connectivity index (χ2n) is 6.66. The van der Waals surface area contributed by atoms with Crippen molar-refractivity contribution in [2.45, 2.75) is 13.2 Å². The Hall–Kier alpha value is -2.70. The normalized spacial score (nSPS) is 15.0. The Labute approximate surface area is 168 Å². The molecule has 146 valence electrons. The van der Waals surface area contributed by atoms with E-state index in [1.807, 2.05) is 29.2 Å². The fourth-order valence-electron chi connectivity index (χ4n) is 3.17. The summed E-state index contributed by atoms with van der Waals surface area (Å²) < 4.78 is 16.7. The number of carbonyl (C=O) groups excluding carboxylic acids is 1. The number of benzene rings is 1. The zero-order valence-electron chi connectivity index (χ0n) is 15.3. The van der Waals surface area contributed by atoms with Crippen molar-refractivity contribution in [3.05, 3.63) is 77.1 Å². The summed E-state index contributed by atoms with van der Waals surface area (Å²) >= 11 is 5.95. The van der Waals surface area contributed by atoms with Gasteiger partial charge < -0.3 is 18.5 Å². The fourth-order valence-corrected chi connectivity index (χ4v) is 3.35. The monoisotopic (exact) mass is 400 g/mol. The molecule has 0 atom stereocenters. The zero-order valence-corrected chi connectivity index (χ0v) is 16.1. The highest BCUT2D eigenvalue weighted by atomic mass is 35.5. The Bertz CT molecular complexity index is 914. The van der Waals surface area contributed by atoms with Gasteiger partial charge in [-0.25, -0.2) is 0 Å². The number of hydrogen-bond donors (Lipinski definition) is 0. The van der Waals surface area contributed by atoms with E-state index in [2.05, 4.69) is 4.90 Å². The van der Waals surface area contributed by atoms with Gasteiger partial charge in [-0.15, -0.1) is 0 Å². The third-order valence-corrected chi connectivity index (χ3v) is 4.90. The standard InChI is InChI=1S/C21H21ClN2O4/c22-16-3-1-4-17(13-16)27-15-19-6-7-20(28-19)21(25)24-10-8-23(9-11-24)14-18-5-2-12-26-18/h1-7,12-13H,8-11,14-15H2. The van der Waals surface area contributed by atoms with E-state index in [0.29, 0.717) is 35.4 Å². The molecule has 4 rings (SSSR count). The number of nitrogens with zero attached hydrogens (tertiary/aromatic N) is 2. The number of carbonyl (C=O) groups is 1. The quantitative estimate of drug-likeness (QED) is 0.624. The molecule has 0 spiro atoms. The van der Waals surface area contributed by atoms with Gasteiger partial charge in [0.05, 0.1) is 12.8 Å². The summed E-state index contributed by atoms with van der Waals surface area (Å²) in [7, 11) is 0. The predicted octanol–water partition coefficient (Wildman–Crippen LogP) is 4.06. The Morgan fingerprint density at radius 2 is 1.89 bits per heavy atom. The average molecular weight is 401 g/mol. The first-order valence-electron chi connectivity index (χ1n) is 9.18. The van der Waals surface area contributed by atoms with E-state index >= 15 is 0 Å². The maximum atomic E-state index is 12.7. The molecule has 0 aliphatic carbocycles. The van der Waals surface area contributed by atoms with Gasteiger partial charge >= 0.3 is 0 Å². The van der Waals surface area contributed by atoms with Crippen LogP contribution in [-0.2, 0) is 13.2 Å². The van der Waals surface area contributed by atoms with Gasteiger partial charge in [-0.2, -0.15) is 0 Å². The number of furan rings is 2. The average Bonchev–Trinajstić information content (AvgIpc) is 3.39. The minimum atomic E-state index is -0.0911. The molecule has 2 aromatic heterocycles. The second kappa shape index (κ2) is 8.54. The van der Waals surface area contributed by atoms with Crippen molar-refractivity contribution in [3.8, 4) is 5.75 Å². The Morgan fingerprint density at radius 1 is 1.04 bits per heavy atom. The Morgan fingerprint density at radius 3 is 2.64 bits per heavy atom. The van der Waals surface area contributed by atoms with Crippen LogP contribution in [0.4, 0.5) is 0 Å². The van der Waals surface area contributed by atoms with Crippen LogP contribution in [0.3, 0.4) is 0 Å². The maximum absolute atomic E-state index is 12.7. The van der Waals surface area contributed by atoms with E-state index in [-0.39, 0.29) is 12.5 Å². The van der Waals surface area contributed by atoms with Crippen LogP contribution in [0.2, 0.25) is 5.02 Å². The second-order valence-corrected chi connectivity index (χ2v) is 7.10. The van der Waals surface area contributed by atoms with Crippen LogP contribution < -0.4 is 4.74 Å². The first-order chi connectivity index (χ1) is 13.7. The number of rotatable bonds is 6. The number of hydrogen-bond acceptors (Lipinski definition) is 5. The lowest BCUT2D eigenvalue weighted by atomic mass is 10.2. The molecule has 1 amide bonds. The molecule has 0 bridgehead atoms. The molecule has 1 fully saturated rings. The number of ether oxygens (including phenoxy) is 1. The Kier molecular flexibility index (Phi) is 5.69. The van der Waals surface area contributed by atoms with Crippen molar-refractivity contribution < 1.29 is 18.4 Å². The highest BCUT2D eigenvalue weighted by Gasteiger charge is 2.24. The molecule has 3 heterocycles. The van der Waals surface area contributed by atoms with E-state index < -0.39 is 0 Å². The number of amides is 1. The van der Waals surface area contributed by atoms with Gasteiger partial charge in [0, 0.05) is 31.2 Å². The largest absolute Gasteiger partial charge is 0.486 e. The highest BCUT2D eigenvalue weighted by molar-refractivity contribution is 6.30. The number of halogens is 1. The molecule has 1 aliphatic rings. The minimum Gasteiger partial charge on any atom is -0.486 e. The number of piperazine rings is 1. The molecule has 7 heteroatoms.